The van der Waals surface area contributed by atoms with Crippen molar-refractivity contribution in [2.24, 2.45) is 7.05 Å². The van der Waals surface area contributed by atoms with Crippen molar-refractivity contribution in [1.82, 2.24) is 29.7 Å². The minimum absolute atomic E-state index is 0.0102. The van der Waals surface area contributed by atoms with Gasteiger partial charge in [-0.2, -0.15) is 28.1 Å². The molecule has 0 fully saturated rings. The minimum atomic E-state index is -4.57. The molecule has 0 amide bonds. The molecule has 0 saturated carbocycles. The number of rotatable bonds is 6. The Morgan fingerprint density at radius 2 is 1.89 bits per heavy atom. The van der Waals surface area contributed by atoms with E-state index in [1.807, 2.05) is 31.2 Å². The smallest absolute Gasteiger partial charge is 0.368 e. The van der Waals surface area contributed by atoms with Gasteiger partial charge in [-0.1, -0.05) is 36.9 Å². The molecule has 0 radical (unpaired) electrons. The van der Waals surface area contributed by atoms with E-state index >= 15 is 0 Å². The third kappa shape index (κ3) is 4.50. The fraction of sp³-hybridized carbons (Fsp3) is 0.312. The number of alkyl halides is 3. The molecule has 12 heteroatoms. The Bertz CT molecular complexity index is 973. The minimum Gasteiger partial charge on any atom is -0.368 e. The van der Waals surface area contributed by atoms with Gasteiger partial charge in [0, 0.05) is 12.7 Å². The molecular formula is C16H17F3N8S. The van der Waals surface area contributed by atoms with Gasteiger partial charge in [-0.3, -0.25) is 0 Å². The highest BCUT2D eigenvalue weighted by Gasteiger charge is 2.37. The quantitative estimate of drug-likeness (QED) is 0.597. The topological polar surface area (TPSA) is 107 Å². The lowest BCUT2D eigenvalue weighted by atomic mass is 10.1. The average Bonchev–Trinajstić information content (AvgIpc) is 3.01. The first-order valence-corrected chi connectivity index (χ1v) is 9.21. The Morgan fingerprint density at radius 1 is 1.14 bits per heavy atom. The van der Waals surface area contributed by atoms with E-state index in [0.29, 0.717) is 5.82 Å². The summed E-state index contributed by atoms with van der Waals surface area (Å²) in [5.41, 5.74) is 7.67. The van der Waals surface area contributed by atoms with E-state index in [2.05, 4.69) is 30.5 Å². The number of nitrogens with zero attached hydrogens (tertiary/aromatic N) is 6. The summed E-state index contributed by atoms with van der Waals surface area (Å²) in [5, 5.41) is 9.96. The maximum atomic E-state index is 12.8. The summed E-state index contributed by atoms with van der Waals surface area (Å²) in [6.45, 7) is 2.03. The second-order valence-corrected chi connectivity index (χ2v) is 6.66. The molecule has 0 atom stereocenters. The van der Waals surface area contributed by atoms with Gasteiger partial charge >= 0.3 is 6.18 Å². The van der Waals surface area contributed by atoms with E-state index in [9.17, 15) is 13.2 Å². The molecule has 0 spiro atoms. The third-order valence-corrected chi connectivity index (χ3v) is 4.78. The van der Waals surface area contributed by atoms with Crippen LogP contribution in [0.3, 0.4) is 0 Å². The molecule has 0 unspecified atom stereocenters. The normalized spacial score (nSPS) is 11.6. The van der Waals surface area contributed by atoms with Crippen molar-refractivity contribution in [2.45, 2.75) is 30.4 Å². The van der Waals surface area contributed by atoms with Gasteiger partial charge in [-0.15, -0.1) is 10.2 Å². The molecule has 8 nitrogen and oxygen atoms in total. The van der Waals surface area contributed by atoms with Crippen molar-refractivity contribution in [3.05, 3.63) is 41.5 Å². The maximum Gasteiger partial charge on any atom is 0.451 e. The van der Waals surface area contributed by atoms with Gasteiger partial charge < -0.3 is 15.6 Å². The number of benzene rings is 1. The number of aryl methyl sites for hydroxylation is 1. The summed E-state index contributed by atoms with van der Waals surface area (Å²) in [4.78, 5) is 12.4. The zero-order valence-electron chi connectivity index (χ0n) is 15.0. The molecule has 0 saturated heterocycles. The van der Waals surface area contributed by atoms with Gasteiger partial charge in [-0.25, -0.2) is 0 Å². The van der Waals surface area contributed by atoms with Crippen LogP contribution in [0.4, 0.5) is 30.8 Å². The van der Waals surface area contributed by atoms with Gasteiger partial charge in [0.2, 0.25) is 17.7 Å². The van der Waals surface area contributed by atoms with E-state index in [0.717, 1.165) is 34.0 Å². The molecular weight excluding hydrogens is 393 g/mol. The average molecular weight is 410 g/mol. The first-order chi connectivity index (χ1) is 13.3. The van der Waals surface area contributed by atoms with Crippen molar-refractivity contribution in [3.8, 4) is 0 Å². The van der Waals surface area contributed by atoms with Crippen LogP contribution in [-0.2, 0) is 25.4 Å². The number of hydrogen-bond donors (Lipinski definition) is 2. The maximum absolute atomic E-state index is 12.8. The molecule has 0 bridgehead atoms. The van der Waals surface area contributed by atoms with Crippen LogP contribution >= 0.6 is 11.8 Å². The number of nitrogen functional groups attached to an aromatic ring is 1. The Kier molecular flexibility index (Phi) is 5.68. The summed E-state index contributed by atoms with van der Waals surface area (Å²) < 4.78 is 39.3. The van der Waals surface area contributed by atoms with E-state index in [-0.39, 0.29) is 22.8 Å². The number of hydrogen-bond acceptors (Lipinski definition) is 8. The number of nitrogens with two attached hydrogens (primary N) is 1. The summed E-state index contributed by atoms with van der Waals surface area (Å²) >= 11 is 1.02. The van der Waals surface area contributed by atoms with Crippen molar-refractivity contribution in [3.63, 3.8) is 0 Å². The molecule has 1 aromatic carbocycles. The van der Waals surface area contributed by atoms with Crippen LogP contribution in [0.15, 0.2) is 29.4 Å². The Labute approximate surface area is 162 Å². The molecule has 148 valence electrons. The van der Waals surface area contributed by atoms with Gasteiger partial charge in [0.15, 0.2) is 5.16 Å². The van der Waals surface area contributed by atoms with E-state index in [4.69, 9.17) is 5.73 Å². The predicted molar refractivity (Wildman–Crippen MR) is 98.9 cm³/mol. The van der Waals surface area contributed by atoms with Gasteiger partial charge in [0.1, 0.15) is 5.82 Å². The third-order valence-electron chi connectivity index (χ3n) is 3.76. The van der Waals surface area contributed by atoms with Crippen LogP contribution in [0.2, 0.25) is 0 Å². The molecule has 28 heavy (non-hydrogen) atoms. The lowest BCUT2D eigenvalue weighted by Gasteiger charge is -2.10. The number of thioether (sulfide) groups is 1. The van der Waals surface area contributed by atoms with Crippen molar-refractivity contribution < 1.29 is 13.2 Å². The number of nitrogens with one attached hydrogen (secondary N) is 1. The number of aromatic nitrogens is 6. The van der Waals surface area contributed by atoms with Crippen molar-refractivity contribution in [2.75, 3.05) is 11.1 Å². The van der Waals surface area contributed by atoms with Crippen LogP contribution in [0.1, 0.15) is 24.1 Å². The SMILES string of the molecule is CCc1ccccc1Nc1nc(N)nc(CSc2nnc(C(F)(F)F)n2C)n1. The first-order valence-electron chi connectivity index (χ1n) is 8.22. The summed E-state index contributed by atoms with van der Waals surface area (Å²) in [5.74, 6) is -0.330. The van der Waals surface area contributed by atoms with Crippen molar-refractivity contribution in [1.29, 1.82) is 0 Å². The fourth-order valence-corrected chi connectivity index (χ4v) is 3.21. The number of halogens is 3. The lowest BCUT2D eigenvalue weighted by Crippen LogP contribution is -2.13. The largest absolute Gasteiger partial charge is 0.451 e. The van der Waals surface area contributed by atoms with Gasteiger partial charge in [0.05, 0.1) is 5.75 Å². The Morgan fingerprint density at radius 3 is 2.57 bits per heavy atom. The van der Waals surface area contributed by atoms with Crippen LogP contribution in [-0.4, -0.2) is 29.7 Å². The van der Waals surface area contributed by atoms with Crippen LogP contribution < -0.4 is 11.1 Å². The zero-order chi connectivity index (χ0) is 20.3. The second kappa shape index (κ2) is 8.00. The predicted octanol–water partition coefficient (Wildman–Crippen LogP) is 3.20. The standard InChI is InChI=1S/C16H17F3N8S/c1-3-9-6-4-5-7-10(9)21-14-23-11(22-13(20)24-14)8-28-15-26-25-12(27(15)2)16(17,18)19/h4-7H,3,8H2,1-2H3,(H3,20,21,22,23,24). The fourth-order valence-electron chi connectivity index (χ4n) is 2.45. The molecule has 2 heterocycles. The van der Waals surface area contributed by atoms with Crippen LogP contribution in [0.5, 0.6) is 0 Å². The first kappa shape index (κ1) is 19.9. The number of para-hydroxylation sites is 1. The van der Waals surface area contributed by atoms with Crippen LogP contribution in [0.25, 0.3) is 0 Å². The summed E-state index contributed by atoms with van der Waals surface area (Å²) in [6, 6.07) is 7.69. The lowest BCUT2D eigenvalue weighted by molar-refractivity contribution is -0.147. The molecule has 0 aliphatic rings. The molecule has 0 aliphatic carbocycles. The van der Waals surface area contributed by atoms with Crippen LogP contribution in [0, 0.1) is 0 Å². The highest BCUT2D eigenvalue weighted by molar-refractivity contribution is 7.98. The van der Waals surface area contributed by atoms with Gasteiger partial charge in [-0.05, 0) is 18.1 Å². The molecule has 3 rings (SSSR count). The molecule has 0 aliphatic heterocycles. The van der Waals surface area contributed by atoms with E-state index < -0.39 is 12.0 Å². The Hall–Kier alpha value is -2.89. The Balaban J connectivity index is 1.76. The highest BCUT2D eigenvalue weighted by Crippen LogP contribution is 2.30. The van der Waals surface area contributed by atoms with Crippen molar-refractivity contribution >= 4 is 29.3 Å². The van der Waals surface area contributed by atoms with E-state index in [1.165, 1.54) is 7.05 Å². The highest BCUT2D eigenvalue weighted by atomic mass is 32.2. The zero-order valence-corrected chi connectivity index (χ0v) is 15.8. The number of anilines is 3. The van der Waals surface area contributed by atoms with Gasteiger partial charge in [0.25, 0.3) is 0 Å². The second-order valence-electron chi connectivity index (χ2n) is 5.72. The monoisotopic (exact) mass is 410 g/mol. The molecule has 2 aromatic heterocycles. The van der Waals surface area contributed by atoms with E-state index in [1.54, 1.807) is 0 Å². The summed E-state index contributed by atoms with van der Waals surface area (Å²) in [7, 11) is 1.25. The molecule has 3 N–H and O–H groups in total. The molecule has 3 aromatic rings. The summed E-state index contributed by atoms with van der Waals surface area (Å²) in [6.07, 6.45) is -3.75.